The van der Waals surface area contributed by atoms with Crippen LogP contribution in [0.4, 0.5) is 0 Å². The van der Waals surface area contributed by atoms with E-state index in [0.717, 1.165) is 16.9 Å². The summed E-state index contributed by atoms with van der Waals surface area (Å²) in [4.78, 5) is 25.4. The highest BCUT2D eigenvalue weighted by molar-refractivity contribution is 5.80. The number of aryl methyl sites for hydroxylation is 2. The summed E-state index contributed by atoms with van der Waals surface area (Å²) in [5.74, 6) is 5.57. The van der Waals surface area contributed by atoms with Crippen molar-refractivity contribution in [2.45, 2.75) is 26.7 Å². The number of benzene rings is 1. The zero-order valence-corrected chi connectivity index (χ0v) is 13.1. The van der Waals surface area contributed by atoms with Gasteiger partial charge in [0.2, 0.25) is 5.91 Å². The Kier molecular flexibility index (Phi) is 5.38. The molecule has 120 valence electrons. The molecule has 6 nitrogen and oxygen atoms in total. The Hall–Kier alpha value is -2.08. The normalized spacial score (nSPS) is 15.5. The van der Waals surface area contributed by atoms with E-state index in [4.69, 9.17) is 10.6 Å². The van der Waals surface area contributed by atoms with Crippen molar-refractivity contribution in [1.29, 1.82) is 0 Å². The fourth-order valence-corrected chi connectivity index (χ4v) is 2.60. The minimum atomic E-state index is -0.154. The van der Waals surface area contributed by atoms with Gasteiger partial charge in [-0.25, -0.2) is 5.84 Å². The average molecular weight is 305 g/mol. The molecule has 22 heavy (non-hydrogen) atoms. The highest BCUT2D eigenvalue weighted by atomic mass is 16.5. The van der Waals surface area contributed by atoms with Gasteiger partial charge in [-0.1, -0.05) is 12.1 Å². The number of nitrogens with zero attached hydrogens (tertiary/aromatic N) is 1. The lowest BCUT2D eigenvalue weighted by atomic mass is 9.96. The number of hydrogen-bond donors (Lipinski definition) is 2. The van der Waals surface area contributed by atoms with Crippen molar-refractivity contribution in [2.75, 3.05) is 19.7 Å². The zero-order chi connectivity index (χ0) is 16.1. The summed E-state index contributed by atoms with van der Waals surface area (Å²) in [6, 6.07) is 5.92. The van der Waals surface area contributed by atoms with Gasteiger partial charge in [-0.05, 0) is 43.9 Å². The molecule has 0 saturated carbocycles. The Morgan fingerprint density at radius 1 is 1.32 bits per heavy atom. The lowest BCUT2D eigenvalue weighted by Gasteiger charge is -2.31. The molecular weight excluding hydrogens is 282 g/mol. The van der Waals surface area contributed by atoms with Gasteiger partial charge in [0, 0.05) is 19.0 Å². The summed E-state index contributed by atoms with van der Waals surface area (Å²) in [6.45, 7) is 5.09. The monoisotopic (exact) mass is 305 g/mol. The molecule has 0 radical (unpaired) electrons. The fraction of sp³-hybridized carbons (Fsp3) is 0.500. The first-order valence-corrected chi connectivity index (χ1v) is 7.49. The molecule has 1 aromatic carbocycles. The zero-order valence-electron chi connectivity index (χ0n) is 13.1. The Bertz CT molecular complexity index is 552. The van der Waals surface area contributed by atoms with Gasteiger partial charge >= 0.3 is 0 Å². The molecule has 1 heterocycles. The van der Waals surface area contributed by atoms with E-state index >= 15 is 0 Å². The van der Waals surface area contributed by atoms with Crippen LogP contribution in [-0.2, 0) is 9.59 Å². The molecule has 0 atom stereocenters. The Morgan fingerprint density at radius 3 is 2.64 bits per heavy atom. The van der Waals surface area contributed by atoms with E-state index in [0.29, 0.717) is 25.9 Å². The predicted molar refractivity (Wildman–Crippen MR) is 83.0 cm³/mol. The van der Waals surface area contributed by atoms with Crippen LogP contribution >= 0.6 is 0 Å². The van der Waals surface area contributed by atoms with Crippen molar-refractivity contribution < 1.29 is 14.3 Å². The summed E-state index contributed by atoms with van der Waals surface area (Å²) < 4.78 is 5.64. The van der Waals surface area contributed by atoms with Crippen molar-refractivity contribution in [3.05, 3.63) is 29.3 Å². The van der Waals surface area contributed by atoms with Gasteiger partial charge in [-0.3, -0.25) is 15.0 Å². The van der Waals surface area contributed by atoms with Gasteiger partial charge < -0.3 is 9.64 Å². The molecule has 0 bridgehead atoms. The molecule has 1 aliphatic rings. The van der Waals surface area contributed by atoms with Gasteiger partial charge in [0.1, 0.15) is 5.75 Å². The Balaban J connectivity index is 1.83. The number of hydrogen-bond acceptors (Lipinski definition) is 4. The number of rotatable bonds is 4. The molecule has 0 aromatic heterocycles. The van der Waals surface area contributed by atoms with E-state index in [1.54, 1.807) is 4.90 Å². The number of carbonyl (C=O) groups excluding carboxylic acids is 2. The SMILES string of the molecule is Cc1ccc(C)c(OCC(=O)N2CCC(C(=O)NN)CC2)c1. The standard InChI is InChI=1S/C16H23N3O3/c1-11-3-4-12(2)14(9-11)22-10-15(20)19-7-5-13(6-8-19)16(21)18-17/h3-4,9,13H,5-8,10,17H2,1-2H3,(H,18,21). The third-order valence-corrected chi connectivity index (χ3v) is 4.06. The van der Waals surface area contributed by atoms with Gasteiger partial charge in [-0.2, -0.15) is 0 Å². The first-order chi connectivity index (χ1) is 10.5. The maximum Gasteiger partial charge on any atom is 0.260 e. The van der Waals surface area contributed by atoms with Crippen molar-refractivity contribution in [2.24, 2.45) is 11.8 Å². The molecule has 2 rings (SSSR count). The first-order valence-electron chi connectivity index (χ1n) is 7.49. The molecule has 0 spiro atoms. The minimum Gasteiger partial charge on any atom is -0.483 e. The van der Waals surface area contributed by atoms with Crippen LogP contribution in [-0.4, -0.2) is 36.4 Å². The van der Waals surface area contributed by atoms with E-state index in [1.807, 2.05) is 32.0 Å². The molecule has 1 fully saturated rings. The lowest BCUT2D eigenvalue weighted by Crippen LogP contribution is -2.45. The van der Waals surface area contributed by atoms with Gasteiger partial charge in [0.05, 0.1) is 0 Å². The quantitative estimate of drug-likeness (QED) is 0.492. The van der Waals surface area contributed by atoms with Gasteiger partial charge in [0.25, 0.3) is 5.91 Å². The van der Waals surface area contributed by atoms with Crippen molar-refractivity contribution in [3.8, 4) is 5.75 Å². The minimum absolute atomic E-state index is 0.0258. The molecule has 0 aliphatic carbocycles. The summed E-state index contributed by atoms with van der Waals surface area (Å²) >= 11 is 0. The van der Waals surface area contributed by atoms with Crippen molar-refractivity contribution >= 4 is 11.8 Å². The van der Waals surface area contributed by atoms with E-state index in [9.17, 15) is 9.59 Å². The second-order valence-electron chi connectivity index (χ2n) is 5.72. The van der Waals surface area contributed by atoms with E-state index in [1.165, 1.54) is 0 Å². The third kappa shape index (κ3) is 3.98. The number of carbonyl (C=O) groups is 2. The molecule has 6 heteroatoms. The summed E-state index contributed by atoms with van der Waals surface area (Å²) in [6.07, 6.45) is 1.27. The van der Waals surface area contributed by atoms with Crippen LogP contribution in [0.2, 0.25) is 0 Å². The number of ether oxygens (including phenoxy) is 1. The Labute approximate surface area is 130 Å². The topological polar surface area (TPSA) is 84.7 Å². The first kappa shape index (κ1) is 16.3. The molecule has 1 aliphatic heterocycles. The van der Waals surface area contributed by atoms with Crippen LogP contribution in [0, 0.1) is 19.8 Å². The Morgan fingerprint density at radius 2 is 2.00 bits per heavy atom. The molecule has 1 saturated heterocycles. The van der Waals surface area contributed by atoms with Gasteiger partial charge in [-0.15, -0.1) is 0 Å². The largest absolute Gasteiger partial charge is 0.483 e. The second-order valence-corrected chi connectivity index (χ2v) is 5.72. The number of amides is 2. The third-order valence-electron chi connectivity index (χ3n) is 4.06. The predicted octanol–water partition coefficient (Wildman–Crippen LogP) is 0.911. The maximum absolute atomic E-state index is 12.2. The highest BCUT2D eigenvalue weighted by Gasteiger charge is 2.27. The van der Waals surface area contributed by atoms with E-state index in [-0.39, 0.29) is 24.3 Å². The molecule has 0 unspecified atom stereocenters. The maximum atomic E-state index is 12.2. The van der Waals surface area contributed by atoms with Crippen LogP contribution in [0.1, 0.15) is 24.0 Å². The van der Waals surface area contributed by atoms with Crippen LogP contribution in [0.15, 0.2) is 18.2 Å². The summed E-state index contributed by atoms with van der Waals surface area (Å²) in [5, 5.41) is 0. The van der Waals surface area contributed by atoms with Gasteiger partial charge in [0.15, 0.2) is 6.61 Å². The fourth-order valence-electron chi connectivity index (χ4n) is 2.60. The number of nitrogens with two attached hydrogens (primary N) is 1. The van der Waals surface area contributed by atoms with Crippen molar-refractivity contribution in [1.82, 2.24) is 10.3 Å². The number of hydrazine groups is 1. The van der Waals surface area contributed by atoms with E-state index in [2.05, 4.69) is 5.43 Å². The van der Waals surface area contributed by atoms with Crippen LogP contribution in [0.5, 0.6) is 5.75 Å². The molecular formula is C16H23N3O3. The van der Waals surface area contributed by atoms with Crippen LogP contribution in [0.25, 0.3) is 0 Å². The number of nitrogens with one attached hydrogen (secondary N) is 1. The molecule has 2 amide bonds. The second kappa shape index (κ2) is 7.26. The number of piperidine rings is 1. The summed E-state index contributed by atoms with van der Waals surface area (Å²) in [7, 11) is 0. The molecule has 1 aromatic rings. The molecule has 3 N–H and O–H groups in total. The van der Waals surface area contributed by atoms with Crippen LogP contribution < -0.4 is 16.0 Å². The van der Waals surface area contributed by atoms with Crippen molar-refractivity contribution in [3.63, 3.8) is 0 Å². The average Bonchev–Trinajstić information content (AvgIpc) is 2.54. The lowest BCUT2D eigenvalue weighted by molar-refractivity contribution is -0.137. The number of likely N-dealkylation sites (tertiary alicyclic amines) is 1. The smallest absolute Gasteiger partial charge is 0.260 e. The van der Waals surface area contributed by atoms with Crippen LogP contribution in [0.3, 0.4) is 0 Å². The summed E-state index contributed by atoms with van der Waals surface area (Å²) in [5.41, 5.74) is 4.28. The van der Waals surface area contributed by atoms with E-state index < -0.39 is 0 Å². The highest BCUT2D eigenvalue weighted by Crippen LogP contribution is 2.20.